The fraction of sp³-hybridized carbons (Fsp3) is 0.714. The number of nitrogens with one attached hydrogen (secondary N) is 1. The lowest BCUT2D eigenvalue weighted by molar-refractivity contribution is 0.177. The first kappa shape index (κ1) is 12.1. The summed E-state index contributed by atoms with van der Waals surface area (Å²) in [6.45, 7) is 4.74. The molecule has 3 heterocycles. The molecule has 2 fully saturated rings. The zero-order valence-corrected chi connectivity index (χ0v) is 11.0. The summed E-state index contributed by atoms with van der Waals surface area (Å²) in [6.07, 6.45) is 10.8. The van der Waals surface area contributed by atoms with Crippen LogP contribution in [0.5, 0.6) is 0 Å². The van der Waals surface area contributed by atoms with Gasteiger partial charge in [-0.25, -0.2) is 0 Å². The van der Waals surface area contributed by atoms with Crippen molar-refractivity contribution in [2.45, 2.75) is 50.7 Å². The van der Waals surface area contributed by atoms with Gasteiger partial charge >= 0.3 is 0 Å². The second kappa shape index (κ2) is 5.33. The van der Waals surface area contributed by atoms with Crippen LogP contribution in [-0.4, -0.2) is 40.0 Å². The van der Waals surface area contributed by atoms with Crippen LogP contribution in [0.15, 0.2) is 18.6 Å². The zero-order chi connectivity index (χ0) is 12.4. The molecule has 1 N–H and O–H groups in total. The van der Waals surface area contributed by atoms with Crippen molar-refractivity contribution in [1.29, 1.82) is 0 Å². The highest BCUT2D eigenvalue weighted by Gasteiger charge is 2.35. The van der Waals surface area contributed by atoms with Gasteiger partial charge in [0.25, 0.3) is 0 Å². The Bertz CT molecular complexity index is 381. The summed E-state index contributed by atoms with van der Waals surface area (Å²) in [7, 11) is 0. The number of fused-ring (bicyclic) bond motifs is 1. The fourth-order valence-electron chi connectivity index (χ4n) is 3.38. The van der Waals surface area contributed by atoms with Gasteiger partial charge in [-0.05, 0) is 32.7 Å². The lowest BCUT2D eigenvalue weighted by Gasteiger charge is -2.33. The van der Waals surface area contributed by atoms with Crippen LogP contribution >= 0.6 is 0 Å². The van der Waals surface area contributed by atoms with Crippen LogP contribution in [0.2, 0.25) is 0 Å². The summed E-state index contributed by atoms with van der Waals surface area (Å²) in [5.74, 6) is 0. The molecule has 2 aliphatic rings. The highest BCUT2D eigenvalue weighted by molar-refractivity contribution is 5.03. The predicted molar refractivity (Wildman–Crippen MR) is 71.2 cm³/mol. The maximum Gasteiger partial charge on any atom is 0.0753 e. The molecule has 98 valence electrons. The third-order valence-electron chi connectivity index (χ3n) is 4.35. The number of rotatable bonds is 3. The molecular weight excluding hydrogens is 224 g/mol. The van der Waals surface area contributed by atoms with Gasteiger partial charge in [-0.1, -0.05) is 6.42 Å². The third-order valence-corrected chi connectivity index (χ3v) is 4.35. The highest BCUT2D eigenvalue weighted by atomic mass is 15.2. The minimum absolute atomic E-state index is 0.297. The standard InChI is InChI=1S/C14H22N4/c1-11(13-10-15-6-7-16-13)17-12-5-9-18-8-3-2-4-14(12)18/h6-7,10-12,14,17H,2-5,8-9H2,1H3. The third kappa shape index (κ3) is 2.40. The van der Waals surface area contributed by atoms with Crippen molar-refractivity contribution in [3.05, 3.63) is 24.3 Å². The molecule has 3 rings (SSSR count). The topological polar surface area (TPSA) is 41.0 Å². The van der Waals surface area contributed by atoms with Gasteiger partial charge in [0.05, 0.1) is 5.69 Å². The van der Waals surface area contributed by atoms with E-state index in [1.165, 1.54) is 38.8 Å². The van der Waals surface area contributed by atoms with E-state index in [4.69, 9.17) is 0 Å². The van der Waals surface area contributed by atoms with Gasteiger partial charge in [-0.2, -0.15) is 0 Å². The molecule has 1 aromatic heterocycles. The fourth-order valence-corrected chi connectivity index (χ4v) is 3.38. The first-order chi connectivity index (χ1) is 8.84. The van der Waals surface area contributed by atoms with Crippen LogP contribution < -0.4 is 5.32 Å². The molecule has 4 heteroatoms. The largest absolute Gasteiger partial charge is 0.304 e. The predicted octanol–water partition coefficient (Wildman–Crippen LogP) is 1.75. The number of hydrogen-bond acceptors (Lipinski definition) is 4. The van der Waals surface area contributed by atoms with E-state index in [0.29, 0.717) is 12.1 Å². The molecule has 0 spiro atoms. The SMILES string of the molecule is CC(NC1CCN2CCCCC12)c1cnccn1. The van der Waals surface area contributed by atoms with Crippen molar-refractivity contribution in [3.8, 4) is 0 Å². The molecule has 0 aromatic carbocycles. The molecule has 2 aliphatic heterocycles. The molecule has 3 unspecified atom stereocenters. The van der Waals surface area contributed by atoms with E-state index in [0.717, 1.165) is 11.7 Å². The van der Waals surface area contributed by atoms with Gasteiger partial charge < -0.3 is 5.32 Å². The van der Waals surface area contributed by atoms with Crippen LogP contribution in [0.1, 0.15) is 44.3 Å². The summed E-state index contributed by atoms with van der Waals surface area (Å²) in [4.78, 5) is 11.2. The van der Waals surface area contributed by atoms with Crippen LogP contribution in [-0.2, 0) is 0 Å². The Kier molecular flexibility index (Phi) is 3.57. The van der Waals surface area contributed by atoms with E-state index in [1.807, 2.05) is 6.20 Å². The average Bonchev–Trinajstić information content (AvgIpc) is 2.83. The Labute approximate surface area is 109 Å². The maximum atomic E-state index is 4.39. The quantitative estimate of drug-likeness (QED) is 0.882. The lowest BCUT2D eigenvalue weighted by Crippen LogP contribution is -2.45. The summed E-state index contributed by atoms with van der Waals surface area (Å²) < 4.78 is 0. The van der Waals surface area contributed by atoms with Crippen molar-refractivity contribution in [2.24, 2.45) is 0 Å². The number of hydrogen-bond donors (Lipinski definition) is 1. The van der Waals surface area contributed by atoms with E-state index in [1.54, 1.807) is 12.4 Å². The van der Waals surface area contributed by atoms with Gasteiger partial charge in [0.2, 0.25) is 0 Å². The maximum absolute atomic E-state index is 4.39. The van der Waals surface area contributed by atoms with Gasteiger partial charge in [0.15, 0.2) is 0 Å². The van der Waals surface area contributed by atoms with E-state index < -0.39 is 0 Å². The molecule has 18 heavy (non-hydrogen) atoms. The molecule has 2 saturated heterocycles. The molecule has 0 bridgehead atoms. The van der Waals surface area contributed by atoms with Gasteiger partial charge in [0.1, 0.15) is 0 Å². The van der Waals surface area contributed by atoms with E-state index in [2.05, 4.69) is 27.1 Å². The zero-order valence-electron chi connectivity index (χ0n) is 11.0. The average molecular weight is 246 g/mol. The van der Waals surface area contributed by atoms with Crippen molar-refractivity contribution in [1.82, 2.24) is 20.2 Å². The second-order valence-corrected chi connectivity index (χ2v) is 5.51. The Hall–Kier alpha value is -1.00. The first-order valence-electron chi connectivity index (χ1n) is 7.10. The van der Waals surface area contributed by atoms with Crippen LogP contribution in [0.25, 0.3) is 0 Å². The molecule has 0 amide bonds. The van der Waals surface area contributed by atoms with Crippen molar-refractivity contribution >= 4 is 0 Å². The second-order valence-electron chi connectivity index (χ2n) is 5.51. The first-order valence-corrected chi connectivity index (χ1v) is 7.10. The smallest absolute Gasteiger partial charge is 0.0753 e. The number of nitrogens with zero attached hydrogens (tertiary/aromatic N) is 3. The van der Waals surface area contributed by atoms with Crippen molar-refractivity contribution in [3.63, 3.8) is 0 Å². The summed E-state index contributed by atoms with van der Waals surface area (Å²) in [5, 5.41) is 3.75. The molecule has 0 radical (unpaired) electrons. The van der Waals surface area contributed by atoms with Gasteiger partial charge in [-0.15, -0.1) is 0 Å². The van der Waals surface area contributed by atoms with Crippen molar-refractivity contribution < 1.29 is 0 Å². The Morgan fingerprint density at radius 1 is 1.28 bits per heavy atom. The minimum Gasteiger partial charge on any atom is -0.304 e. The number of aromatic nitrogens is 2. The molecule has 0 aliphatic carbocycles. The minimum atomic E-state index is 0.297. The van der Waals surface area contributed by atoms with Gasteiger partial charge in [-0.3, -0.25) is 14.9 Å². The monoisotopic (exact) mass is 246 g/mol. The van der Waals surface area contributed by atoms with E-state index in [-0.39, 0.29) is 0 Å². The molecular formula is C14H22N4. The summed E-state index contributed by atoms with van der Waals surface area (Å²) in [5.41, 5.74) is 1.05. The Morgan fingerprint density at radius 3 is 3.06 bits per heavy atom. The molecule has 3 atom stereocenters. The lowest BCUT2D eigenvalue weighted by atomic mass is 9.98. The molecule has 0 saturated carbocycles. The highest BCUT2D eigenvalue weighted by Crippen LogP contribution is 2.28. The Morgan fingerprint density at radius 2 is 2.22 bits per heavy atom. The Balaban J connectivity index is 1.63. The summed E-state index contributed by atoms with van der Waals surface area (Å²) in [6, 6.07) is 1.67. The normalized spacial score (nSPS) is 30.1. The number of piperidine rings is 1. The van der Waals surface area contributed by atoms with E-state index >= 15 is 0 Å². The molecule has 1 aromatic rings. The van der Waals surface area contributed by atoms with Crippen LogP contribution in [0.3, 0.4) is 0 Å². The van der Waals surface area contributed by atoms with Crippen LogP contribution in [0.4, 0.5) is 0 Å². The van der Waals surface area contributed by atoms with Crippen molar-refractivity contribution in [2.75, 3.05) is 13.1 Å². The van der Waals surface area contributed by atoms with E-state index in [9.17, 15) is 0 Å². The van der Waals surface area contributed by atoms with Crippen LogP contribution in [0, 0.1) is 0 Å². The van der Waals surface area contributed by atoms with Gasteiger partial charge in [0, 0.05) is 43.3 Å². The summed E-state index contributed by atoms with van der Waals surface area (Å²) >= 11 is 0. The molecule has 4 nitrogen and oxygen atoms in total.